The molecule has 0 aliphatic carbocycles. The smallest absolute Gasteiger partial charge is 0.231 e. The summed E-state index contributed by atoms with van der Waals surface area (Å²) in [6, 6.07) is 5.59. The molecule has 21 heavy (non-hydrogen) atoms. The van der Waals surface area contributed by atoms with E-state index in [0.717, 1.165) is 23.6 Å². The zero-order chi connectivity index (χ0) is 15.0. The van der Waals surface area contributed by atoms with Crippen LogP contribution in [0.5, 0.6) is 0 Å². The van der Waals surface area contributed by atoms with Crippen molar-refractivity contribution in [2.75, 3.05) is 10.6 Å². The lowest BCUT2D eigenvalue weighted by atomic mass is 10.1. The third kappa shape index (κ3) is 2.61. The lowest BCUT2D eigenvalue weighted by Gasteiger charge is -2.18. The second-order valence-corrected chi connectivity index (χ2v) is 5.80. The van der Waals surface area contributed by atoms with Gasteiger partial charge in [-0.05, 0) is 29.7 Å². The van der Waals surface area contributed by atoms with Crippen molar-refractivity contribution in [3.63, 3.8) is 0 Å². The molecule has 1 aliphatic heterocycles. The van der Waals surface area contributed by atoms with Gasteiger partial charge in [-0.3, -0.25) is 4.79 Å². The van der Waals surface area contributed by atoms with Crippen LogP contribution < -0.4 is 10.6 Å². The van der Waals surface area contributed by atoms with Crippen LogP contribution in [0.4, 0.5) is 11.4 Å². The SMILES string of the molecule is CC(C)Cn1ncnc1CN1C(=O)Cc2cc(N)ccc21. The van der Waals surface area contributed by atoms with E-state index in [-0.39, 0.29) is 5.91 Å². The van der Waals surface area contributed by atoms with Crippen molar-refractivity contribution in [2.45, 2.75) is 33.4 Å². The lowest BCUT2D eigenvalue weighted by Crippen LogP contribution is -2.28. The summed E-state index contributed by atoms with van der Waals surface area (Å²) >= 11 is 0. The summed E-state index contributed by atoms with van der Waals surface area (Å²) in [5.41, 5.74) is 8.37. The molecule has 6 nitrogen and oxygen atoms in total. The Morgan fingerprint density at radius 3 is 2.95 bits per heavy atom. The monoisotopic (exact) mass is 285 g/mol. The van der Waals surface area contributed by atoms with Gasteiger partial charge in [0.25, 0.3) is 0 Å². The molecule has 2 N–H and O–H groups in total. The van der Waals surface area contributed by atoms with Crippen LogP contribution in [0.15, 0.2) is 24.5 Å². The minimum absolute atomic E-state index is 0.0784. The molecule has 3 rings (SSSR count). The van der Waals surface area contributed by atoms with Crippen LogP contribution in [0.25, 0.3) is 0 Å². The summed E-state index contributed by atoms with van der Waals surface area (Å²) in [4.78, 5) is 18.3. The molecule has 0 saturated carbocycles. The van der Waals surface area contributed by atoms with Gasteiger partial charge in [-0.1, -0.05) is 13.8 Å². The van der Waals surface area contributed by atoms with E-state index in [4.69, 9.17) is 5.73 Å². The number of hydrogen-bond acceptors (Lipinski definition) is 4. The predicted molar refractivity (Wildman–Crippen MR) is 80.6 cm³/mol. The van der Waals surface area contributed by atoms with Gasteiger partial charge < -0.3 is 10.6 Å². The highest BCUT2D eigenvalue weighted by Gasteiger charge is 2.28. The number of aromatic nitrogens is 3. The first-order valence-electron chi connectivity index (χ1n) is 7.10. The third-order valence-corrected chi connectivity index (χ3v) is 3.57. The van der Waals surface area contributed by atoms with E-state index in [2.05, 4.69) is 23.9 Å². The second-order valence-electron chi connectivity index (χ2n) is 5.80. The topological polar surface area (TPSA) is 77.0 Å². The number of benzene rings is 1. The van der Waals surface area contributed by atoms with Crippen LogP contribution in [-0.2, 0) is 24.3 Å². The van der Waals surface area contributed by atoms with Crippen molar-refractivity contribution >= 4 is 17.3 Å². The Balaban J connectivity index is 1.86. The molecule has 1 aromatic carbocycles. The molecule has 110 valence electrons. The van der Waals surface area contributed by atoms with Gasteiger partial charge in [0, 0.05) is 17.9 Å². The van der Waals surface area contributed by atoms with Crippen molar-refractivity contribution in [1.29, 1.82) is 0 Å². The molecule has 1 aliphatic rings. The highest BCUT2D eigenvalue weighted by Crippen LogP contribution is 2.31. The molecular weight excluding hydrogens is 266 g/mol. The molecule has 0 atom stereocenters. The van der Waals surface area contributed by atoms with Gasteiger partial charge >= 0.3 is 0 Å². The maximum absolute atomic E-state index is 12.2. The fourth-order valence-electron chi connectivity index (χ4n) is 2.63. The Labute approximate surface area is 123 Å². The quantitative estimate of drug-likeness (QED) is 0.866. The molecule has 0 radical (unpaired) electrons. The summed E-state index contributed by atoms with van der Waals surface area (Å²) in [6.45, 7) is 5.50. The van der Waals surface area contributed by atoms with Gasteiger partial charge in [0.15, 0.2) is 0 Å². The van der Waals surface area contributed by atoms with E-state index >= 15 is 0 Å². The maximum atomic E-state index is 12.2. The largest absolute Gasteiger partial charge is 0.399 e. The van der Waals surface area contributed by atoms with Crippen LogP contribution in [-0.4, -0.2) is 20.7 Å². The molecule has 0 fully saturated rings. The molecule has 2 aromatic rings. The summed E-state index contributed by atoms with van der Waals surface area (Å²) in [5, 5.41) is 4.24. The van der Waals surface area contributed by atoms with Crippen molar-refractivity contribution in [3.8, 4) is 0 Å². The van der Waals surface area contributed by atoms with E-state index < -0.39 is 0 Å². The van der Waals surface area contributed by atoms with E-state index in [1.54, 1.807) is 11.2 Å². The number of nitrogens with zero attached hydrogens (tertiary/aromatic N) is 4. The Hall–Kier alpha value is -2.37. The first kappa shape index (κ1) is 13.6. The number of nitrogen functional groups attached to an aromatic ring is 1. The summed E-state index contributed by atoms with van der Waals surface area (Å²) in [6.07, 6.45) is 1.95. The number of fused-ring (bicyclic) bond motifs is 1. The third-order valence-electron chi connectivity index (χ3n) is 3.57. The summed E-state index contributed by atoms with van der Waals surface area (Å²) in [5.74, 6) is 1.36. The number of amides is 1. The van der Waals surface area contributed by atoms with E-state index in [9.17, 15) is 4.79 Å². The number of nitrogens with two attached hydrogens (primary N) is 1. The molecule has 0 bridgehead atoms. The molecule has 6 heteroatoms. The van der Waals surface area contributed by atoms with Gasteiger partial charge in [-0.15, -0.1) is 0 Å². The minimum Gasteiger partial charge on any atom is -0.399 e. The predicted octanol–water partition coefficient (Wildman–Crippen LogP) is 1.61. The fourth-order valence-corrected chi connectivity index (χ4v) is 2.63. The van der Waals surface area contributed by atoms with Crippen LogP contribution in [0, 0.1) is 5.92 Å². The maximum Gasteiger partial charge on any atom is 0.231 e. The first-order valence-corrected chi connectivity index (χ1v) is 7.10. The standard InChI is InChI=1S/C15H19N5O/c1-10(2)7-20-14(17-9-18-20)8-19-13-4-3-12(16)5-11(13)6-15(19)21/h3-5,9-10H,6-8,16H2,1-2H3. The zero-order valence-electron chi connectivity index (χ0n) is 12.3. The molecule has 0 unspecified atom stereocenters. The van der Waals surface area contributed by atoms with Gasteiger partial charge in [-0.25, -0.2) is 9.67 Å². The lowest BCUT2D eigenvalue weighted by molar-refractivity contribution is -0.117. The van der Waals surface area contributed by atoms with Crippen molar-refractivity contribution in [3.05, 3.63) is 35.9 Å². The van der Waals surface area contributed by atoms with Crippen LogP contribution in [0.1, 0.15) is 25.2 Å². The number of hydrogen-bond donors (Lipinski definition) is 1. The Kier molecular flexibility index (Phi) is 3.37. The molecule has 0 spiro atoms. The minimum atomic E-state index is 0.0784. The summed E-state index contributed by atoms with van der Waals surface area (Å²) in [7, 11) is 0. The van der Waals surface area contributed by atoms with Crippen LogP contribution >= 0.6 is 0 Å². The molecule has 1 amide bonds. The Bertz CT molecular complexity index is 676. The van der Waals surface area contributed by atoms with E-state index in [1.165, 1.54) is 0 Å². The first-order chi connectivity index (χ1) is 10.0. The number of carbonyl (C=O) groups excluding carboxylic acids is 1. The zero-order valence-corrected chi connectivity index (χ0v) is 12.3. The molecule has 0 saturated heterocycles. The van der Waals surface area contributed by atoms with Crippen LogP contribution in [0.3, 0.4) is 0 Å². The van der Waals surface area contributed by atoms with Gasteiger partial charge in [0.05, 0.1) is 13.0 Å². The average Bonchev–Trinajstić information content (AvgIpc) is 2.95. The normalized spacial score (nSPS) is 14.0. The van der Waals surface area contributed by atoms with E-state index in [0.29, 0.717) is 24.6 Å². The van der Waals surface area contributed by atoms with Crippen LogP contribution in [0.2, 0.25) is 0 Å². The second kappa shape index (κ2) is 5.20. The van der Waals surface area contributed by atoms with E-state index in [1.807, 2.05) is 22.9 Å². The fraction of sp³-hybridized carbons (Fsp3) is 0.400. The molecular formula is C15H19N5O. The molecule has 2 heterocycles. The van der Waals surface area contributed by atoms with Gasteiger partial charge in [-0.2, -0.15) is 5.10 Å². The van der Waals surface area contributed by atoms with Gasteiger partial charge in [0.2, 0.25) is 5.91 Å². The highest BCUT2D eigenvalue weighted by atomic mass is 16.2. The summed E-state index contributed by atoms with van der Waals surface area (Å²) < 4.78 is 1.87. The van der Waals surface area contributed by atoms with Gasteiger partial charge in [0.1, 0.15) is 12.2 Å². The van der Waals surface area contributed by atoms with Crippen molar-refractivity contribution in [2.24, 2.45) is 5.92 Å². The highest BCUT2D eigenvalue weighted by molar-refractivity contribution is 6.01. The average molecular weight is 285 g/mol. The number of carbonyl (C=O) groups is 1. The van der Waals surface area contributed by atoms with Crippen molar-refractivity contribution < 1.29 is 4.79 Å². The number of rotatable bonds is 4. The Morgan fingerprint density at radius 2 is 2.19 bits per heavy atom. The number of anilines is 2. The van der Waals surface area contributed by atoms with Crippen molar-refractivity contribution in [1.82, 2.24) is 14.8 Å². The molecule has 1 aromatic heterocycles. The Morgan fingerprint density at radius 1 is 1.38 bits per heavy atom.